The topological polar surface area (TPSA) is 39.4 Å². The zero-order chi connectivity index (χ0) is 14.8. The molecule has 0 saturated heterocycles. The molecule has 3 nitrogen and oxygen atoms in total. The first-order valence-electron chi connectivity index (χ1n) is 6.64. The van der Waals surface area contributed by atoms with Crippen LogP contribution in [0.15, 0.2) is 57.7 Å². The third-order valence-corrected chi connectivity index (χ3v) is 3.51. The molecule has 1 heterocycles. The Kier molecular flexibility index (Phi) is 3.67. The molecule has 0 aliphatic heterocycles. The van der Waals surface area contributed by atoms with Crippen molar-refractivity contribution in [2.45, 2.75) is 6.92 Å². The van der Waals surface area contributed by atoms with Crippen molar-refractivity contribution in [3.05, 3.63) is 64.0 Å². The number of benzene rings is 2. The number of rotatable bonds is 3. The summed E-state index contributed by atoms with van der Waals surface area (Å²) in [5.74, 6) is 0.679. The molecule has 0 atom stereocenters. The van der Waals surface area contributed by atoms with Gasteiger partial charge in [0.2, 0.25) is 0 Å². The van der Waals surface area contributed by atoms with Gasteiger partial charge in [0.15, 0.2) is 0 Å². The van der Waals surface area contributed by atoms with Crippen molar-refractivity contribution >= 4 is 22.6 Å². The minimum absolute atomic E-state index is 0.413. The van der Waals surface area contributed by atoms with E-state index in [4.69, 9.17) is 20.8 Å². The molecule has 3 aromatic rings. The maximum Gasteiger partial charge on any atom is 0.344 e. The molecule has 4 heteroatoms. The first-order chi connectivity index (χ1) is 10.2. The van der Waals surface area contributed by atoms with Crippen molar-refractivity contribution in [2.75, 3.05) is 6.61 Å². The highest BCUT2D eigenvalue weighted by Gasteiger charge is 2.11. The fourth-order valence-corrected chi connectivity index (χ4v) is 2.45. The van der Waals surface area contributed by atoms with Crippen LogP contribution in [0.4, 0.5) is 0 Å². The average Bonchev–Trinajstić information content (AvgIpc) is 2.48. The molecule has 0 bridgehead atoms. The lowest BCUT2D eigenvalue weighted by molar-refractivity contribution is 0.340. The van der Waals surface area contributed by atoms with Crippen molar-refractivity contribution in [1.29, 1.82) is 0 Å². The second kappa shape index (κ2) is 5.62. The van der Waals surface area contributed by atoms with E-state index >= 15 is 0 Å². The highest BCUT2D eigenvalue weighted by molar-refractivity contribution is 6.33. The third-order valence-electron chi connectivity index (χ3n) is 3.18. The van der Waals surface area contributed by atoms with Crippen LogP contribution in [0.1, 0.15) is 6.92 Å². The number of ether oxygens (including phenoxy) is 1. The van der Waals surface area contributed by atoms with Crippen LogP contribution < -0.4 is 10.4 Å². The predicted octanol–water partition coefficient (Wildman–Crippen LogP) is 4.51. The van der Waals surface area contributed by atoms with Crippen molar-refractivity contribution in [1.82, 2.24) is 0 Å². The molecule has 0 N–H and O–H groups in total. The third kappa shape index (κ3) is 2.65. The summed E-state index contributed by atoms with van der Waals surface area (Å²) in [5.41, 5.74) is 1.21. The molecule has 0 amide bonds. The van der Waals surface area contributed by atoms with E-state index in [9.17, 15) is 4.79 Å². The lowest BCUT2D eigenvalue weighted by atomic mass is 10.1. The zero-order valence-electron chi connectivity index (χ0n) is 11.4. The van der Waals surface area contributed by atoms with Crippen LogP contribution in [0.5, 0.6) is 5.75 Å². The molecule has 0 spiro atoms. The van der Waals surface area contributed by atoms with Gasteiger partial charge in [-0.2, -0.15) is 0 Å². The predicted molar refractivity (Wildman–Crippen MR) is 84.1 cm³/mol. The van der Waals surface area contributed by atoms with E-state index in [0.29, 0.717) is 34.1 Å². The van der Waals surface area contributed by atoms with Crippen LogP contribution in [-0.4, -0.2) is 6.61 Å². The van der Waals surface area contributed by atoms with Gasteiger partial charge in [-0.1, -0.05) is 29.8 Å². The van der Waals surface area contributed by atoms with Gasteiger partial charge in [0.05, 0.1) is 12.2 Å². The van der Waals surface area contributed by atoms with Crippen LogP contribution in [0, 0.1) is 0 Å². The van der Waals surface area contributed by atoms with Gasteiger partial charge in [-0.25, -0.2) is 4.79 Å². The summed E-state index contributed by atoms with van der Waals surface area (Å²) >= 11 is 6.15. The van der Waals surface area contributed by atoms with Crippen molar-refractivity contribution in [3.8, 4) is 16.9 Å². The van der Waals surface area contributed by atoms with Gasteiger partial charge >= 0.3 is 5.63 Å². The molecule has 0 saturated carbocycles. The highest BCUT2D eigenvalue weighted by Crippen LogP contribution is 2.28. The van der Waals surface area contributed by atoms with Crippen LogP contribution in [-0.2, 0) is 0 Å². The van der Waals surface area contributed by atoms with Crippen molar-refractivity contribution < 1.29 is 9.15 Å². The van der Waals surface area contributed by atoms with Gasteiger partial charge < -0.3 is 9.15 Å². The van der Waals surface area contributed by atoms with Crippen LogP contribution in [0.25, 0.3) is 22.1 Å². The SMILES string of the molecule is CCOc1ccc2cc(-c3ccccc3Cl)c(=O)oc2c1. The van der Waals surface area contributed by atoms with E-state index < -0.39 is 5.63 Å². The molecule has 3 rings (SSSR count). The maximum absolute atomic E-state index is 12.2. The van der Waals surface area contributed by atoms with Crippen LogP contribution in [0.2, 0.25) is 5.02 Å². The lowest BCUT2D eigenvalue weighted by Crippen LogP contribution is -2.03. The summed E-state index contributed by atoms with van der Waals surface area (Å²) in [5, 5.41) is 1.35. The zero-order valence-corrected chi connectivity index (χ0v) is 12.2. The Morgan fingerprint density at radius 3 is 2.67 bits per heavy atom. The first-order valence-corrected chi connectivity index (χ1v) is 7.02. The first kappa shape index (κ1) is 13.7. The van der Waals surface area contributed by atoms with Gasteiger partial charge in [0, 0.05) is 22.0 Å². The van der Waals surface area contributed by atoms with Crippen LogP contribution in [0.3, 0.4) is 0 Å². The normalized spacial score (nSPS) is 10.8. The fraction of sp³-hybridized carbons (Fsp3) is 0.118. The Morgan fingerprint density at radius 1 is 1.10 bits per heavy atom. The maximum atomic E-state index is 12.2. The van der Waals surface area contributed by atoms with E-state index in [0.717, 1.165) is 5.39 Å². The number of fused-ring (bicyclic) bond motifs is 1. The summed E-state index contributed by atoms with van der Waals surface area (Å²) < 4.78 is 10.8. The monoisotopic (exact) mass is 300 g/mol. The highest BCUT2D eigenvalue weighted by atomic mass is 35.5. The van der Waals surface area contributed by atoms with Crippen molar-refractivity contribution in [2.24, 2.45) is 0 Å². The van der Waals surface area contributed by atoms with Gasteiger partial charge in [-0.05, 0) is 31.2 Å². The number of hydrogen-bond donors (Lipinski definition) is 0. The van der Waals surface area contributed by atoms with Gasteiger partial charge in [0.25, 0.3) is 0 Å². The van der Waals surface area contributed by atoms with Gasteiger partial charge in [-0.3, -0.25) is 0 Å². The summed E-state index contributed by atoms with van der Waals surface area (Å²) in [6.45, 7) is 2.47. The Labute approximate surface area is 126 Å². The molecule has 0 radical (unpaired) electrons. The Hall–Kier alpha value is -2.26. The minimum atomic E-state index is -0.413. The molecule has 106 valence electrons. The van der Waals surface area contributed by atoms with E-state index in [2.05, 4.69) is 0 Å². The Bertz CT molecular complexity index is 852. The van der Waals surface area contributed by atoms with Gasteiger partial charge in [0.1, 0.15) is 11.3 Å². The summed E-state index contributed by atoms with van der Waals surface area (Å²) in [6.07, 6.45) is 0. The fourth-order valence-electron chi connectivity index (χ4n) is 2.22. The second-order valence-corrected chi connectivity index (χ2v) is 4.97. The molecular formula is C17H13ClO3. The van der Waals surface area contributed by atoms with E-state index in [-0.39, 0.29) is 0 Å². The minimum Gasteiger partial charge on any atom is -0.494 e. The largest absolute Gasteiger partial charge is 0.494 e. The van der Waals surface area contributed by atoms with Crippen molar-refractivity contribution in [3.63, 3.8) is 0 Å². The Balaban J connectivity index is 2.18. The standard InChI is InChI=1S/C17H13ClO3/c1-2-20-12-8-7-11-9-14(17(19)21-16(11)10-12)13-5-3-4-6-15(13)18/h3-10H,2H2,1H3. The van der Waals surface area contributed by atoms with E-state index in [1.54, 1.807) is 24.3 Å². The summed E-state index contributed by atoms with van der Waals surface area (Å²) in [4.78, 5) is 12.2. The number of halogens is 1. The smallest absolute Gasteiger partial charge is 0.344 e. The molecule has 2 aromatic carbocycles. The molecule has 0 unspecified atom stereocenters. The average molecular weight is 301 g/mol. The molecule has 21 heavy (non-hydrogen) atoms. The second-order valence-electron chi connectivity index (χ2n) is 4.56. The van der Waals surface area contributed by atoms with Gasteiger partial charge in [-0.15, -0.1) is 0 Å². The Morgan fingerprint density at radius 2 is 1.90 bits per heavy atom. The molecule has 0 fully saturated rings. The molecule has 0 aliphatic rings. The molecule has 1 aromatic heterocycles. The lowest BCUT2D eigenvalue weighted by Gasteiger charge is -2.06. The quantitative estimate of drug-likeness (QED) is 0.668. The van der Waals surface area contributed by atoms with Crippen LogP contribution >= 0.6 is 11.6 Å². The number of hydrogen-bond acceptors (Lipinski definition) is 3. The summed E-state index contributed by atoms with van der Waals surface area (Å²) in [7, 11) is 0. The van der Waals surface area contributed by atoms with E-state index in [1.165, 1.54) is 0 Å². The summed E-state index contributed by atoms with van der Waals surface area (Å²) in [6, 6.07) is 14.4. The molecule has 0 aliphatic carbocycles. The molecular weight excluding hydrogens is 288 g/mol. The van der Waals surface area contributed by atoms with E-state index in [1.807, 2.05) is 31.2 Å².